The van der Waals surface area contributed by atoms with Gasteiger partial charge in [0.1, 0.15) is 5.82 Å². The molecule has 0 spiro atoms. The van der Waals surface area contributed by atoms with Gasteiger partial charge in [-0.1, -0.05) is 24.3 Å². The molecule has 24 heavy (non-hydrogen) atoms. The molecular formula is C19H20FNO3. The molecule has 5 heteroatoms. The molecule has 0 saturated carbocycles. The van der Waals surface area contributed by atoms with Crippen molar-refractivity contribution in [2.24, 2.45) is 0 Å². The smallest absolute Gasteiger partial charge is 0.341 e. The Bertz CT molecular complexity index is 790. The monoisotopic (exact) mass is 329 g/mol. The molecule has 126 valence electrons. The van der Waals surface area contributed by atoms with Gasteiger partial charge in [0.05, 0.1) is 17.7 Å². The molecule has 0 saturated heterocycles. The first-order chi connectivity index (χ1) is 11.5. The second kappa shape index (κ2) is 6.34. The maximum atomic E-state index is 14.6. The van der Waals surface area contributed by atoms with Crippen LogP contribution < -0.4 is 5.32 Å². The molecule has 4 nitrogen and oxygen atoms in total. The lowest BCUT2D eigenvalue weighted by Crippen LogP contribution is -2.45. The molecule has 0 bridgehead atoms. The number of benzene rings is 2. The molecule has 1 atom stereocenters. The Balaban J connectivity index is 2.18. The number of carbonyl (C=O) groups is 1. The first kappa shape index (κ1) is 16.6. The highest BCUT2D eigenvalue weighted by molar-refractivity contribution is 5.95. The number of halogens is 1. The third-order valence-electron chi connectivity index (χ3n) is 4.42. The van der Waals surface area contributed by atoms with Crippen LogP contribution in [0.1, 0.15) is 32.6 Å². The van der Waals surface area contributed by atoms with Gasteiger partial charge in [-0.05, 0) is 37.1 Å². The second-order valence-corrected chi connectivity index (χ2v) is 5.95. The molecule has 1 aliphatic rings. The lowest BCUT2D eigenvalue weighted by atomic mass is 9.90. The molecule has 2 aromatic rings. The van der Waals surface area contributed by atoms with Crippen molar-refractivity contribution in [1.82, 2.24) is 5.32 Å². The van der Waals surface area contributed by atoms with Crippen molar-refractivity contribution in [3.8, 4) is 0 Å². The number of nitrogens with one attached hydrogen (secondary N) is 1. The second-order valence-electron chi connectivity index (χ2n) is 5.95. The van der Waals surface area contributed by atoms with Crippen LogP contribution in [0.4, 0.5) is 4.39 Å². The van der Waals surface area contributed by atoms with Crippen LogP contribution in [0.2, 0.25) is 0 Å². The number of esters is 1. The number of methoxy groups -OCH3 is 1. The van der Waals surface area contributed by atoms with Gasteiger partial charge in [0.2, 0.25) is 5.72 Å². The summed E-state index contributed by atoms with van der Waals surface area (Å²) in [5.74, 6) is -1.01. The third kappa shape index (κ3) is 2.60. The number of hydrogen-bond acceptors (Lipinski definition) is 4. The summed E-state index contributed by atoms with van der Waals surface area (Å²) in [4.78, 5) is 12.3. The van der Waals surface area contributed by atoms with Crippen molar-refractivity contribution in [3.05, 3.63) is 70.0 Å². The predicted molar refractivity (Wildman–Crippen MR) is 88.4 cm³/mol. The highest BCUT2D eigenvalue weighted by atomic mass is 19.1. The van der Waals surface area contributed by atoms with Crippen molar-refractivity contribution in [2.45, 2.75) is 19.6 Å². The number of fused-ring (bicyclic) bond motifs is 1. The van der Waals surface area contributed by atoms with E-state index in [2.05, 4.69) is 5.32 Å². The van der Waals surface area contributed by atoms with Crippen LogP contribution in [0, 0.1) is 19.7 Å². The standard InChI is InChI=1S/C19H20FNO3/c1-12-7-8-14(11-13(12)2)19(21-9-10-23-3)17-15(18(22)24-19)5-4-6-16(17)20/h4-8,11,21H,9-10H2,1-3H3. The average Bonchev–Trinajstić information content (AvgIpc) is 2.85. The summed E-state index contributed by atoms with van der Waals surface area (Å²) in [6.07, 6.45) is 0. The van der Waals surface area contributed by atoms with Crippen LogP contribution in [0.5, 0.6) is 0 Å². The lowest BCUT2D eigenvalue weighted by molar-refractivity contribution is -0.00859. The summed E-state index contributed by atoms with van der Waals surface area (Å²) < 4.78 is 25.4. The van der Waals surface area contributed by atoms with Crippen LogP contribution in [-0.2, 0) is 15.2 Å². The van der Waals surface area contributed by atoms with Crippen LogP contribution >= 0.6 is 0 Å². The van der Waals surface area contributed by atoms with Gasteiger partial charge in [0, 0.05) is 19.2 Å². The Morgan fingerprint density at radius 2 is 2.00 bits per heavy atom. The fourth-order valence-corrected chi connectivity index (χ4v) is 3.02. The zero-order valence-electron chi connectivity index (χ0n) is 14.0. The topological polar surface area (TPSA) is 47.6 Å². The number of cyclic esters (lactones) is 1. The van der Waals surface area contributed by atoms with Crippen LogP contribution in [0.3, 0.4) is 0 Å². The van der Waals surface area contributed by atoms with Crippen LogP contribution in [-0.4, -0.2) is 26.2 Å². The van der Waals surface area contributed by atoms with E-state index in [9.17, 15) is 9.18 Å². The molecule has 2 aromatic carbocycles. The average molecular weight is 329 g/mol. The minimum atomic E-state index is -1.34. The van der Waals surface area contributed by atoms with Crippen molar-refractivity contribution >= 4 is 5.97 Å². The summed E-state index contributed by atoms with van der Waals surface area (Å²) in [7, 11) is 1.58. The summed E-state index contributed by atoms with van der Waals surface area (Å²) >= 11 is 0. The van der Waals surface area contributed by atoms with Crippen LogP contribution in [0.15, 0.2) is 36.4 Å². The Kier molecular flexibility index (Phi) is 4.39. The maximum Gasteiger partial charge on any atom is 0.341 e. The minimum Gasteiger partial charge on any atom is -0.431 e. The van der Waals surface area contributed by atoms with E-state index >= 15 is 0 Å². The van der Waals surface area contributed by atoms with Gasteiger partial charge in [0.25, 0.3) is 0 Å². The molecular weight excluding hydrogens is 309 g/mol. The van der Waals surface area contributed by atoms with E-state index in [0.717, 1.165) is 11.1 Å². The largest absolute Gasteiger partial charge is 0.431 e. The molecule has 1 heterocycles. The molecule has 0 aromatic heterocycles. The maximum absolute atomic E-state index is 14.6. The molecule has 1 aliphatic heterocycles. The summed E-state index contributed by atoms with van der Waals surface area (Å²) in [6.45, 7) is 4.79. The highest BCUT2D eigenvalue weighted by Gasteiger charge is 2.49. The third-order valence-corrected chi connectivity index (χ3v) is 4.42. The normalized spacial score (nSPS) is 19.2. The number of carbonyl (C=O) groups excluding carboxylic acids is 1. The van der Waals surface area contributed by atoms with E-state index in [1.54, 1.807) is 13.2 Å². The fraction of sp³-hybridized carbons (Fsp3) is 0.316. The zero-order chi connectivity index (χ0) is 17.3. The summed E-state index contributed by atoms with van der Waals surface area (Å²) in [5.41, 5.74) is 1.99. The fourth-order valence-electron chi connectivity index (χ4n) is 3.02. The molecule has 0 fully saturated rings. The van der Waals surface area contributed by atoms with E-state index < -0.39 is 17.5 Å². The van der Waals surface area contributed by atoms with Crippen LogP contribution in [0.25, 0.3) is 0 Å². The highest BCUT2D eigenvalue weighted by Crippen LogP contribution is 2.41. The minimum absolute atomic E-state index is 0.231. The van der Waals surface area contributed by atoms with Gasteiger partial charge in [0.15, 0.2) is 0 Å². The Morgan fingerprint density at radius 3 is 2.71 bits per heavy atom. The van der Waals surface area contributed by atoms with Gasteiger partial charge < -0.3 is 9.47 Å². The molecule has 3 rings (SSSR count). The summed E-state index contributed by atoms with van der Waals surface area (Å²) in [6, 6.07) is 10.2. The van der Waals surface area contributed by atoms with Crippen molar-refractivity contribution in [3.63, 3.8) is 0 Å². The van der Waals surface area contributed by atoms with E-state index in [1.807, 2.05) is 32.0 Å². The molecule has 1 N–H and O–H groups in total. The van der Waals surface area contributed by atoms with E-state index in [1.165, 1.54) is 12.1 Å². The molecule has 0 amide bonds. The first-order valence-corrected chi connectivity index (χ1v) is 7.83. The lowest BCUT2D eigenvalue weighted by Gasteiger charge is -2.31. The van der Waals surface area contributed by atoms with Crippen molar-refractivity contribution in [1.29, 1.82) is 0 Å². The SMILES string of the molecule is COCCNC1(c2ccc(C)c(C)c2)OC(=O)c2cccc(F)c21. The van der Waals surface area contributed by atoms with Gasteiger partial charge >= 0.3 is 5.97 Å². The number of rotatable bonds is 5. The first-order valence-electron chi connectivity index (χ1n) is 7.83. The van der Waals surface area contributed by atoms with E-state index in [0.29, 0.717) is 18.7 Å². The number of aryl methyl sites for hydroxylation is 2. The Labute approximate surface area is 140 Å². The molecule has 1 unspecified atom stereocenters. The van der Waals surface area contributed by atoms with Crippen molar-refractivity contribution < 1.29 is 18.7 Å². The van der Waals surface area contributed by atoms with Crippen molar-refractivity contribution in [2.75, 3.05) is 20.3 Å². The van der Waals surface area contributed by atoms with Gasteiger partial charge in [-0.25, -0.2) is 9.18 Å². The Morgan fingerprint density at radius 1 is 1.21 bits per heavy atom. The number of ether oxygens (including phenoxy) is 2. The van der Waals surface area contributed by atoms with E-state index in [-0.39, 0.29) is 11.1 Å². The number of hydrogen-bond donors (Lipinski definition) is 1. The van der Waals surface area contributed by atoms with Gasteiger partial charge in [-0.2, -0.15) is 0 Å². The van der Waals surface area contributed by atoms with E-state index in [4.69, 9.17) is 9.47 Å². The zero-order valence-corrected chi connectivity index (χ0v) is 14.0. The predicted octanol–water partition coefficient (Wildman–Crippen LogP) is 3.05. The quantitative estimate of drug-likeness (QED) is 0.676. The Hall–Kier alpha value is -2.24. The van der Waals surface area contributed by atoms with Gasteiger partial charge in [-0.3, -0.25) is 5.32 Å². The molecule has 0 aliphatic carbocycles. The summed E-state index contributed by atoms with van der Waals surface area (Å²) in [5, 5.41) is 3.18. The molecule has 0 radical (unpaired) electrons. The van der Waals surface area contributed by atoms with Gasteiger partial charge in [-0.15, -0.1) is 0 Å².